The summed E-state index contributed by atoms with van der Waals surface area (Å²) in [7, 11) is -1.77. The highest BCUT2D eigenvalue weighted by atomic mass is 35.7. The van der Waals surface area contributed by atoms with Crippen LogP contribution >= 0.6 is 10.7 Å². The Hall–Kier alpha value is -0.600. The third kappa shape index (κ3) is 3.46. The van der Waals surface area contributed by atoms with E-state index in [1.165, 1.54) is 11.6 Å². The lowest BCUT2D eigenvalue weighted by Gasteiger charge is -2.03. The van der Waals surface area contributed by atoms with E-state index in [0.717, 1.165) is 12.5 Å². The zero-order chi connectivity index (χ0) is 12.6. The zero-order valence-corrected chi connectivity index (χ0v) is 11.1. The van der Waals surface area contributed by atoms with E-state index in [0.29, 0.717) is 5.69 Å². The second-order valence-corrected chi connectivity index (χ2v) is 8.18. The van der Waals surface area contributed by atoms with Gasteiger partial charge in [-0.3, -0.25) is 4.68 Å². The van der Waals surface area contributed by atoms with E-state index in [2.05, 4.69) is 5.10 Å². The molecule has 0 radical (unpaired) electrons. The van der Waals surface area contributed by atoms with Crippen molar-refractivity contribution in [2.45, 2.75) is 18.4 Å². The predicted octanol–water partition coefficient (Wildman–Crippen LogP) is 0.164. The second kappa shape index (κ2) is 4.34. The van der Waals surface area contributed by atoms with Crippen LogP contribution in [-0.4, -0.2) is 38.6 Å². The number of rotatable bonds is 4. The van der Waals surface area contributed by atoms with E-state index in [9.17, 15) is 16.8 Å². The van der Waals surface area contributed by atoms with Crippen LogP contribution in [0.2, 0.25) is 0 Å². The van der Waals surface area contributed by atoms with Crippen LogP contribution in [0.15, 0.2) is 11.1 Å². The van der Waals surface area contributed by atoms with Gasteiger partial charge in [-0.05, 0) is 6.92 Å². The van der Waals surface area contributed by atoms with Gasteiger partial charge in [0.1, 0.15) is 14.7 Å². The molecule has 1 aromatic rings. The summed E-state index contributed by atoms with van der Waals surface area (Å²) in [5.41, 5.74) is 0.332. The van der Waals surface area contributed by atoms with Gasteiger partial charge < -0.3 is 0 Å². The second-order valence-electron chi connectivity index (χ2n) is 3.39. The first kappa shape index (κ1) is 13.5. The molecule has 0 aliphatic carbocycles. The summed E-state index contributed by atoms with van der Waals surface area (Å²) in [6.45, 7) is 1.63. The molecule has 6 nitrogen and oxygen atoms in total. The van der Waals surface area contributed by atoms with Gasteiger partial charge in [0.05, 0.1) is 24.2 Å². The smallest absolute Gasteiger partial charge is 0.264 e. The van der Waals surface area contributed by atoms with Gasteiger partial charge in [0.15, 0.2) is 0 Å². The van der Waals surface area contributed by atoms with Crippen LogP contribution in [0.4, 0.5) is 0 Å². The molecule has 0 aliphatic heterocycles. The van der Waals surface area contributed by atoms with Gasteiger partial charge in [-0.15, -0.1) is 0 Å². The summed E-state index contributed by atoms with van der Waals surface area (Å²) < 4.78 is 45.3. The topological polar surface area (TPSA) is 86.1 Å². The Kier molecular flexibility index (Phi) is 3.65. The lowest BCUT2D eigenvalue weighted by molar-refractivity contribution is 0.581. The molecule has 0 aromatic carbocycles. The Labute approximate surface area is 98.6 Å². The van der Waals surface area contributed by atoms with E-state index in [1.54, 1.807) is 0 Å². The van der Waals surface area contributed by atoms with Crippen LogP contribution in [0.5, 0.6) is 0 Å². The van der Waals surface area contributed by atoms with Crippen LogP contribution in [0.25, 0.3) is 0 Å². The van der Waals surface area contributed by atoms with Crippen molar-refractivity contribution in [3.05, 3.63) is 11.9 Å². The number of hydrogen-bond donors (Lipinski definition) is 0. The molecule has 0 saturated carbocycles. The van der Waals surface area contributed by atoms with Gasteiger partial charge in [-0.25, -0.2) is 16.8 Å². The Balaban J connectivity index is 2.98. The molecule has 1 rings (SSSR count). The summed E-state index contributed by atoms with van der Waals surface area (Å²) in [5, 5.41) is 3.77. The van der Waals surface area contributed by atoms with Gasteiger partial charge in [0.25, 0.3) is 9.05 Å². The quantitative estimate of drug-likeness (QED) is 0.736. The number of aromatic nitrogens is 2. The molecule has 0 bridgehead atoms. The van der Waals surface area contributed by atoms with Crippen molar-refractivity contribution >= 4 is 29.6 Å². The molecule has 16 heavy (non-hydrogen) atoms. The first-order valence-corrected chi connectivity index (χ1v) is 8.63. The summed E-state index contributed by atoms with van der Waals surface area (Å²) in [6.07, 6.45) is 2.21. The fraction of sp³-hybridized carbons (Fsp3) is 0.571. The average molecular weight is 287 g/mol. The average Bonchev–Trinajstić information content (AvgIpc) is 2.41. The molecule has 0 spiro atoms. The van der Waals surface area contributed by atoms with Gasteiger partial charge in [0, 0.05) is 16.9 Å². The molecule has 92 valence electrons. The van der Waals surface area contributed by atoms with Gasteiger partial charge in [-0.1, -0.05) is 0 Å². The van der Waals surface area contributed by atoms with Crippen molar-refractivity contribution in [2.24, 2.45) is 0 Å². The fourth-order valence-electron chi connectivity index (χ4n) is 1.15. The van der Waals surface area contributed by atoms with Crippen molar-refractivity contribution in [2.75, 3.05) is 12.0 Å². The molecule has 0 amide bonds. The highest BCUT2D eigenvalue weighted by Crippen LogP contribution is 2.18. The Morgan fingerprint density at radius 3 is 2.31 bits per heavy atom. The summed E-state index contributed by atoms with van der Waals surface area (Å²) in [5.74, 6) is -0.0999. The van der Waals surface area contributed by atoms with Crippen molar-refractivity contribution in [1.82, 2.24) is 9.78 Å². The number of halogens is 1. The van der Waals surface area contributed by atoms with E-state index in [-0.39, 0.29) is 17.2 Å². The predicted molar refractivity (Wildman–Crippen MR) is 59.7 cm³/mol. The minimum absolute atomic E-state index is 0.0948. The maximum absolute atomic E-state index is 11.1. The normalized spacial score (nSPS) is 12.9. The Morgan fingerprint density at radius 1 is 1.38 bits per heavy atom. The van der Waals surface area contributed by atoms with Crippen LogP contribution in [0.1, 0.15) is 5.69 Å². The van der Waals surface area contributed by atoms with Crippen molar-refractivity contribution in [3.63, 3.8) is 0 Å². The van der Waals surface area contributed by atoms with Crippen molar-refractivity contribution < 1.29 is 16.8 Å². The molecule has 1 aromatic heterocycles. The maximum atomic E-state index is 11.1. The maximum Gasteiger partial charge on any atom is 0.264 e. The van der Waals surface area contributed by atoms with E-state index in [4.69, 9.17) is 10.7 Å². The monoisotopic (exact) mass is 286 g/mol. The van der Waals surface area contributed by atoms with Crippen molar-refractivity contribution in [3.8, 4) is 0 Å². The van der Waals surface area contributed by atoms with E-state index < -0.39 is 18.9 Å². The Morgan fingerprint density at radius 2 is 1.94 bits per heavy atom. The summed E-state index contributed by atoms with van der Waals surface area (Å²) in [6, 6.07) is 0. The highest BCUT2D eigenvalue weighted by Gasteiger charge is 2.18. The first-order chi connectivity index (χ1) is 7.11. The minimum Gasteiger partial charge on any atom is -0.267 e. The first-order valence-electron chi connectivity index (χ1n) is 4.26. The molecule has 1 heterocycles. The van der Waals surface area contributed by atoms with E-state index >= 15 is 0 Å². The fourth-order valence-corrected chi connectivity index (χ4v) is 2.74. The Bertz CT molecular complexity index is 588. The number of aryl methyl sites for hydroxylation is 1. The van der Waals surface area contributed by atoms with Crippen LogP contribution in [0, 0.1) is 6.92 Å². The zero-order valence-electron chi connectivity index (χ0n) is 8.71. The number of hydrogen-bond acceptors (Lipinski definition) is 5. The lowest BCUT2D eigenvalue weighted by Crippen LogP contribution is -2.13. The largest absolute Gasteiger partial charge is 0.267 e. The minimum atomic E-state index is -3.83. The third-order valence-corrected chi connectivity index (χ3v) is 4.34. The molecule has 9 heteroatoms. The third-order valence-electron chi connectivity index (χ3n) is 1.99. The molecule has 0 atom stereocenters. The van der Waals surface area contributed by atoms with Crippen LogP contribution in [0.3, 0.4) is 0 Å². The highest BCUT2D eigenvalue weighted by molar-refractivity contribution is 8.13. The molecular weight excluding hydrogens is 276 g/mol. The molecule has 0 saturated heterocycles. The molecular formula is C7H11ClN2O4S2. The van der Waals surface area contributed by atoms with Crippen LogP contribution in [-0.2, 0) is 25.4 Å². The SMILES string of the molecule is Cc1c(S(=O)(=O)Cl)cnn1CCS(C)(=O)=O. The summed E-state index contributed by atoms with van der Waals surface area (Å²) >= 11 is 0. The van der Waals surface area contributed by atoms with Gasteiger partial charge in [-0.2, -0.15) is 5.10 Å². The number of sulfone groups is 1. The van der Waals surface area contributed by atoms with E-state index in [1.807, 2.05) is 0 Å². The summed E-state index contributed by atoms with van der Waals surface area (Å²) in [4.78, 5) is -0.0948. The number of nitrogens with zero attached hydrogens (tertiary/aromatic N) is 2. The lowest BCUT2D eigenvalue weighted by atomic mass is 10.5. The van der Waals surface area contributed by atoms with Crippen LogP contribution < -0.4 is 0 Å². The van der Waals surface area contributed by atoms with Gasteiger partial charge in [0.2, 0.25) is 0 Å². The molecule has 0 N–H and O–H groups in total. The molecule has 0 unspecified atom stereocenters. The van der Waals surface area contributed by atoms with Gasteiger partial charge >= 0.3 is 0 Å². The standard InChI is InChI=1S/C7H11ClN2O4S2/c1-6-7(16(8,13)14)5-9-10(6)3-4-15(2,11)12/h5H,3-4H2,1-2H3. The van der Waals surface area contributed by atoms with Crippen molar-refractivity contribution in [1.29, 1.82) is 0 Å². The molecule has 0 fully saturated rings. The molecule has 0 aliphatic rings.